The van der Waals surface area contributed by atoms with Crippen molar-refractivity contribution in [2.75, 3.05) is 32.9 Å². The molecule has 2 fully saturated rings. The van der Waals surface area contributed by atoms with Crippen LogP contribution in [-0.4, -0.2) is 63.7 Å². The van der Waals surface area contributed by atoms with Gasteiger partial charge in [0.1, 0.15) is 6.10 Å². The van der Waals surface area contributed by atoms with Gasteiger partial charge in [-0.05, 0) is 55.2 Å². The van der Waals surface area contributed by atoms with Crippen LogP contribution in [0.5, 0.6) is 0 Å². The van der Waals surface area contributed by atoms with Crippen molar-refractivity contribution in [1.82, 2.24) is 4.31 Å². The van der Waals surface area contributed by atoms with E-state index in [0.717, 1.165) is 19.3 Å². The summed E-state index contributed by atoms with van der Waals surface area (Å²) in [5.74, 6) is -0.160. The van der Waals surface area contributed by atoms with Crippen molar-refractivity contribution < 1.29 is 32.2 Å². The summed E-state index contributed by atoms with van der Waals surface area (Å²) in [6.45, 7) is 8.77. The zero-order valence-electron chi connectivity index (χ0n) is 19.9. The van der Waals surface area contributed by atoms with Gasteiger partial charge in [-0.1, -0.05) is 33.3 Å². The average Bonchev–Trinajstić information content (AvgIpc) is 2.78. The first-order chi connectivity index (χ1) is 15.6. The Labute approximate surface area is 196 Å². The molecule has 0 bridgehead atoms. The molecule has 0 amide bonds. The number of hydrogen-bond acceptors (Lipinski definition) is 7. The molecule has 1 aromatic carbocycles. The Balaban J connectivity index is 1.63. The molecular formula is C24H35NO7S. The van der Waals surface area contributed by atoms with E-state index in [-0.39, 0.29) is 29.7 Å². The van der Waals surface area contributed by atoms with Crippen LogP contribution in [0.25, 0.3) is 0 Å². The molecule has 1 aromatic rings. The minimum atomic E-state index is -3.76. The summed E-state index contributed by atoms with van der Waals surface area (Å²) in [4.78, 5) is 25.0. The number of rotatable bonds is 7. The van der Waals surface area contributed by atoms with Crippen molar-refractivity contribution >= 4 is 22.0 Å². The Morgan fingerprint density at radius 3 is 2.55 bits per heavy atom. The van der Waals surface area contributed by atoms with E-state index in [1.54, 1.807) is 13.0 Å². The van der Waals surface area contributed by atoms with Crippen LogP contribution in [0.4, 0.5) is 0 Å². The highest BCUT2D eigenvalue weighted by Gasteiger charge is 2.34. The number of sulfonamides is 1. The van der Waals surface area contributed by atoms with Gasteiger partial charge < -0.3 is 14.2 Å². The third kappa shape index (κ3) is 6.33. The summed E-state index contributed by atoms with van der Waals surface area (Å²) in [7, 11) is -3.76. The predicted octanol–water partition coefficient (Wildman–Crippen LogP) is 3.18. The van der Waals surface area contributed by atoms with Gasteiger partial charge in [0.2, 0.25) is 10.0 Å². The Morgan fingerprint density at radius 1 is 1.18 bits per heavy atom. The second-order valence-electron chi connectivity index (χ2n) is 9.43. The first-order valence-corrected chi connectivity index (χ1v) is 13.1. The number of carbonyl (C=O) groups excluding carboxylic acids is 2. The van der Waals surface area contributed by atoms with Crippen LogP contribution in [0, 0.1) is 24.7 Å². The van der Waals surface area contributed by atoms with E-state index in [9.17, 15) is 18.0 Å². The van der Waals surface area contributed by atoms with E-state index in [4.69, 9.17) is 14.2 Å². The second-order valence-corrected chi connectivity index (χ2v) is 11.3. The lowest BCUT2D eigenvalue weighted by atomic mass is 9.75. The zero-order valence-corrected chi connectivity index (χ0v) is 20.7. The molecule has 1 saturated carbocycles. The number of aryl methyl sites for hydroxylation is 1. The Kier molecular flexibility index (Phi) is 8.53. The standard InChI is InChI=1S/C24H35NO7S/c1-16(2)20-8-5-17(3)13-21(20)32-23(26)15-31-24(27)19-7-6-18(4)22(14-19)33(28,29)25-9-11-30-12-10-25/h6-7,14,16-17,20-21H,5,8-13,15H2,1-4H3. The van der Waals surface area contributed by atoms with Gasteiger partial charge >= 0.3 is 11.9 Å². The molecule has 9 heteroatoms. The minimum Gasteiger partial charge on any atom is -0.460 e. The molecule has 0 N–H and O–H groups in total. The Morgan fingerprint density at radius 2 is 1.88 bits per heavy atom. The number of ether oxygens (including phenoxy) is 3. The maximum absolute atomic E-state index is 13.0. The fourth-order valence-electron chi connectivity index (χ4n) is 4.59. The van der Waals surface area contributed by atoms with Crippen LogP contribution in [0.3, 0.4) is 0 Å². The molecule has 1 aliphatic carbocycles. The highest BCUT2D eigenvalue weighted by Crippen LogP contribution is 2.35. The van der Waals surface area contributed by atoms with Gasteiger partial charge in [0, 0.05) is 13.1 Å². The lowest BCUT2D eigenvalue weighted by molar-refractivity contribution is -0.159. The van der Waals surface area contributed by atoms with Crippen LogP contribution in [0.2, 0.25) is 0 Å². The summed E-state index contributed by atoms with van der Waals surface area (Å²) >= 11 is 0. The largest absolute Gasteiger partial charge is 0.460 e. The van der Waals surface area contributed by atoms with Gasteiger partial charge in [-0.25, -0.2) is 18.0 Å². The molecule has 3 rings (SSSR count). The maximum Gasteiger partial charge on any atom is 0.344 e. The average molecular weight is 482 g/mol. The van der Waals surface area contributed by atoms with Crippen LogP contribution in [0.1, 0.15) is 56.0 Å². The molecule has 0 radical (unpaired) electrons. The number of nitrogens with zero attached hydrogens (tertiary/aromatic N) is 1. The summed E-state index contributed by atoms with van der Waals surface area (Å²) in [5.41, 5.74) is 0.607. The molecule has 0 aromatic heterocycles. The second kappa shape index (κ2) is 11.0. The van der Waals surface area contributed by atoms with Crippen molar-refractivity contribution in [1.29, 1.82) is 0 Å². The van der Waals surface area contributed by atoms with Crippen LogP contribution < -0.4 is 0 Å². The molecule has 0 spiro atoms. The predicted molar refractivity (Wildman–Crippen MR) is 122 cm³/mol. The normalized spacial score (nSPS) is 24.5. The molecule has 2 aliphatic rings. The van der Waals surface area contributed by atoms with E-state index >= 15 is 0 Å². The van der Waals surface area contributed by atoms with Crippen molar-refractivity contribution in [3.8, 4) is 0 Å². The van der Waals surface area contributed by atoms with E-state index in [2.05, 4.69) is 20.8 Å². The fraction of sp³-hybridized carbons (Fsp3) is 0.667. The molecule has 3 atom stereocenters. The van der Waals surface area contributed by atoms with E-state index in [1.165, 1.54) is 16.4 Å². The lowest BCUT2D eigenvalue weighted by Gasteiger charge is -2.36. The summed E-state index contributed by atoms with van der Waals surface area (Å²) in [6, 6.07) is 4.38. The molecule has 33 heavy (non-hydrogen) atoms. The molecule has 3 unspecified atom stereocenters. The number of morpholine rings is 1. The fourth-order valence-corrected chi connectivity index (χ4v) is 6.25. The summed E-state index contributed by atoms with van der Waals surface area (Å²) in [6.07, 6.45) is 2.77. The van der Waals surface area contributed by atoms with Gasteiger partial charge in [0.05, 0.1) is 23.7 Å². The van der Waals surface area contributed by atoms with Crippen molar-refractivity contribution in [2.45, 2.75) is 58.0 Å². The van der Waals surface area contributed by atoms with Gasteiger partial charge in [-0.3, -0.25) is 0 Å². The number of hydrogen-bond donors (Lipinski definition) is 0. The molecule has 1 aliphatic heterocycles. The summed E-state index contributed by atoms with van der Waals surface area (Å²) < 4.78 is 43.5. The van der Waals surface area contributed by atoms with E-state index in [0.29, 0.717) is 36.5 Å². The molecule has 8 nitrogen and oxygen atoms in total. The molecule has 1 heterocycles. The first-order valence-electron chi connectivity index (χ1n) is 11.6. The number of carbonyl (C=O) groups is 2. The van der Waals surface area contributed by atoms with Crippen LogP contribution in [-0.2, 0) is 29.0 Å². The molecule has 184 valence electrons. The monoisotopic (exact) mass is 481 g/mol. The number of benzene rings is 1. The van der Waals surface area contributed by atoms with Crippen molar-refractivity contribution in [3.63, 3.8) is 0 Å². The van der Waals surface area contributed by atoms with Crippen molar-refractivity contribution in [3.05, 3.63) is 29.3 Å². The van der Waals surface area contributed by atoms with Crippen molar-refractivity contribution in [2.24, 2.45) is 17.8 Å². The Bertz CT molecular complexity index is 954. The lowest BCUT2D eigenvalue weighted by Crippen LogP contribution is -2.40. The van der Waals surface area contributed by atoms with Gasteiger partial charge in [0.25, 0.3) is 0 Å². The van der Waals surface area contributed by atoms with Gasteiger partial charge in [-0.15, -0.1) is 0 Å². The maximum atomic E-state index is 13.0. The SMILES string of the molecule is Cc1ccc(C(=O)OCC(=O)OC2CC(C)CCC2C(C)C)cc1S(=O)(=O)N1CCOCC1. The highest BCUT2D eigenvalue weighted by atomic mass is 32.2. The third-order valence-electron chi connectivity index (χ3n) is 6.58. The summed E-state index contributed by atoms with van der Waals surface area (Å²) in [5, 5.41) is 0. The molecular weight excluding hydrogens is 446 g/mol. The minimum absolute atomic E-state index is 0.0531. The van der Waals surface area contributed by atoms with E-state index in [1.807, 2.05) is 0 Å². The zero-order chi connectivity index (χ0) is 24.2. The first kappa shape index (κ1) is 25.6. The third-order valence-corrected chi connectivity index (χ3v) is 8.62. The highest BCUT2D eigenvalue weighted by molar-refractivity contribution is 7.89. The molecule has 1 saturated heterocycles. The number of esters is 2. The Hall–Kier alpha value is -1.97. The smallest absolute Gasteiger partial charge is 0.344 e. The van der Waals surface area contributed by atoms with Gasteiger partial charge in [0.15, 0.2) is 6.61 Å². The topological polar surface area (TPSA) is 99.2 Å². The van der Waals surface area contributed by atoms with Crippen LogP contribution >= 0.6 is 0 Å². The van der Waals surface area contributed by atoms with Crippen LogP contribution in [0.15, 0.2) is 23.1 Å². The van der Waals surface area contributed by atoms with E-state index < -0.39 is 28.6 Å². The quantitative estimate of drug-likeness (QED) is 0.552. The van der Waals surface area contributed by atoms with Gasteiger partial charge in [-0.2, -0.15) is 4.31 Å².